The molecule has 6 nitrogen and oxygen atoms in total. The van der Waals surface area contributed by atoms with Crippen LogP contribution in [0.4, 0.5) is 0 Å². The van der Waals surface area contributed by atoms with Gasteiger partial charge in [0.2, 0.25) is 0 Å². The average Bonchev–Trinajstić information content (AvgIpc) is 3.28. The molecular weight excluding hydrogens is 294 g/mol. The Hall–Kier alpha value is -1.60. The maximum atomic E-state index is 11.8. The van der Waals surface area contributed by atoms with E-state index in [4.69, 9.17) is 15.2 Å². The maximum Gasteiger partial charge on any atom is 0.329 e. The van der Waals surface area contributed by atoms with Gasteiger partial charge >= 0.3 is 5.97 Å². The molecule has 21 heavy (non-hydrogen) atoms. The van der Waals surface area contributed by atoms with Gasteiger partial charge in [-0.1, -0.05) is 6.07 Å². The lowest BCUT2D eigenvalue weighted by atomic mass is 9.96. The number of carbonyl (C=O) groups is 1. The Balaban J connectivity index is 2.13. The Morgan fingerprint density at radius 2 is 2.10 bits per heavy atom. The van der Waals surface area contributed by atoms with Crippen LogP contribution in [0.15, 0.2) is 29.2 Å². The van der Waals surface area contributed by atoms with Crippen LogP contribution in [0, 0.1) is 5.92 Å². The van der Waals surface area contributed by atoms with Crippen LogP contribution >= 0.6 is 0 Å². The topological polar surface area (TPSA) is 95.7 Å². The third-order valence-corrected chi connectivity index (χ3v) is 4.69. The van der Waals surface area contributed by atoms with Gasteiger partial charge in [0.25, 0.3) is 0 Å². The van der Waals surface area contributed by atoms with Crippen molar-refractivity contribution in [2.75, 3.05) is 20.0 Å². The summed E-state index contributed by atoms with van der Waals surface area (Å²) in [6.45, 7) is -0.0441. The van der Waals surface area contributed by atoms with Gasteiger partial charge in [-0.05, 0) is 37.0 Å². The predicted molar refractivity (Wildman–Crippen MR) is 76.7 cm³/mol. The molecule has 0 amide bonds. The minimum absolute atomic E-state index is 0.0441. The summed E-state index contributed by atoms with van der Waals surface area (Å²) in [6.07, 6.45) is 2.84. The van der Waals surface area contributed by atoms with Gasteiger partial charge in [0.05, 0.1) is 12.0 Å². The number of esters is 1. The van der Waals surface area contributed by atoms with Crippen molar-refractivity contribution in [1.82, 2.24) is 0 Å². The fraction of sp³-hybridized carbons (Fsp3) is 0.500. The second kappa shape index (κ2) is 5.65. The lowest BCUT2D eigenvalue weighted by Gasteiger charge is -2.26. The number of sulfone groups is 1. The Kier molecular flexibility index (Phi) is 4.25. The molecular formula is C14H19NO5S. The summed E-state index contributed by atoms with van der Waals surface area (Å²) in [5, 5.41) is 0. The molecule has 0 radical (unpaired) electrons. The molecule has 0 saturated heterocycles. The zero-order valence-electron chi connectivity index (χ0n) is 12.0. The molecule has 2 N–H and O–H groups in total. The van der Waals surface area contributed by atoms with E-state index in [9.17, 15) is 13.2 Å². The number of nitrogens with two attached hydrogens (primary N) is 1. The zero-order valence-corrected chi connectivity index (χ0v) is 12.9. The first kappa shape index (κ1) is 15.8. The average molecular weight is 313 g/mol. The first-order valence-corrected chi connectivity index (χ1v) is 8.47. The van der Waals surface area contributed by atoms with E-state index >= 15 is 0 Å². The van der Waals surface area contributed by atoms with Crippen LogP contribution in [0.25, 0.3) is 0 Å². The van der Waals surface area contributed by atoms with E-state index in [1.165, 1.54) is 19.2 Å². The molecule has 7 heteroatoms. The third kappa shape index (κ3) is 3.54. The Labute approximate surface area is 124 Å². The van der Waals surface area contributed by atoms with E-state index in [-0.39, 0.29) is 17.4 Å². The summed E-state index contributed by atoms with van der Waals surface area (Å²) in [6, 6.07) is 6.11. The van der Waals surface area contributed by atoms with E-state index in [0.717, 1.165) is 19.1 Å². The quantitative estimate of drug-likeness (QED) is 0.779. The van der Waals surface area contributed by atoms with Gasteiger partial charge < -0.3 is 15.2 Å². The van der Waals surface area contributed by atoms with Crippen LogP contribution in [-0.2, 0) is 19.4 Å². The first-order valence-electron chi connectivity index (χ1n) is 6.57. The smallest absolute Gasteiger partial charge is 0.329 e. The second-order valence-corrected chi connectivity index (χ2v) is 7.36. The standard InChI is InChI=1S/C14H19NO5S/c1-19-13(16)14(15,10-6-7-10)9-20-11-4-3-5-12(8-11)21(2,17)18/h3-5,8,10H,6-7,9,15H2,1-2H3. The summed E-state index contributed by atoms with van der Waals surface area (Å²) in [4.78, 5) is 12.0. The SMILES string of the molecule is COC(=O)C(N)(COc1cccc(S(C)(=O)=O)c1)C1CC1. The fourth-order valence-electron chi connectivity index (χ4n) is 2.13. The van der Waals surface area contributed by atoms with Crippen LogP contribution < -0.4 is 10.5 Å². The molecule has 0 aromatic heterocycles. The van der Waals surface area contributed by atoms with Gasteiger partial charge in [-0.25, -0.2) is 13.2 Å². The summed E-state index contributed by atoms with van der Waals surface area (Å²) >= 11 is 0. The third-order valence-electron chi connectivity index (χ3n) is 3.58. The predicted octanol–water partition coefficient (Wildman–Crippen LogP) is 0.749. The van der Waals surface area contributed by atoms with Crippen LogP contribution in [0.1, 0.15) is 12.8 Å². The zero-order chi connectivity index (χ0) is 15.7. The molecule has 0 aliphatic heterocycles. The molecule has 0 heterocycles. The molecule has 1 atom stereocenters. The van der Waals surface area contributed by atoms with Gasteiger partial charge in [-0.2, -0.15) is 0 Å². The number of ether oxygens (including phenoxy) is 2. The van der Waals surface area contributed by atoms with Crippen molar-refractivity contribution >= 4 is 15.8 Å². The normalized spacial score (nSPS) is 17.9. The lowest BCUT2D eigenvalue weighted by Crippen LogP contribution is -2.55. The van der Waals surface area contributed by atoms with Crippen molar-refractivity contribution in [2.45, 2.75) is 23.3 Å². The van der Waals surface area contributed by atoms with Crippen LogP contribution in [0.2, 0.25) is 0 Å². The van der Waals surface area contributed by atoms with Gasteiger partial charge in [0.15, 0.2) is 15.4 Å². The molecule has 0 bridgehead atoms. The minimum atomic E-state index is -3.31. The van der Waals surface area contributed by atoms with Gasteiger partial charge in [0, 0.05) is 6.26 Å². The molecule has 1 aliphatic carbocycles. The molecule has 1 fully saturated rings. The largest absolute Gasteiger partial charge is 0.491 e. The number of benzene rings is 1. The highest BCUT2D eigenvalue weighted by atomic mass is 32.2. The van der Waals surface area contributed by atoms with Crippen molar-refractivity contribution in [3.8, 4) is 5.75 Å². The number of hydrogen-bond acceptors (Lipinski definition) is 6. The van der Waals surface area contributed by atoms with Crippen molar-refractivity contribution < 1.29 is 22.7 Å². The molecule has 1 unspecified atom stereocenters. The second-order valence-electron chi connectivity index (χ2n) is 5.34. The molecule has 1 aliphatic rings. The molecule has 2 rings (SSSR count). The summed E-state index contributed by atoms with van der Waals surface area (Å²) in [7, 11) is -2.02. The number of hydrogen-bond donors (Lipinski definition) is 1. The highest BCUT2D eigenvalue weighted by Gasteiger charge is 2.49. The first-order chi connectivity index (χ1) is 9.77. The highest BCUT2D eigenvalue weighted by Crippen LogP contribution is 2.39. The Morgan fingerprint density at radius 3 is 2.62 bits per heavy atom. The summed E-state index contributed by atoms with van der Waals surface area (Å²) < 4.78 is 33.3. The van der Waals surface area contributed by atoms with E-state index in [1.807, 2.05) is 0 Å². The van der Waals surface area contributed by atoms with Crippen LogP contribution in [-0.4, -0.2) is 39.9 Å². The summed E-state index contributed by atoms with van der Waals surface area (Å²) in [5.41, 5.74) is 4.93. The van der Waals surface area contributed by atoms with E-state index < -0.39 is 21.3 Å². The maximum absolute atomic E-state index is 11.8. The molecule has 0 spiro atoms. The number of methoxy groups -OCH3 is 1. The van der Waals surface area contributed by atoms with Crippen LogP contribution in [0.5, 0.6) is 5.75 Å². The summed E-state index contributed by atoms with van der Waals surface area (Å²) in [5.74, 6) is -0.107. The van der Waals surface area contributed by atoms with E-state index in [0.29, 0.717) is 5.75 Å². The molecule has 1 aromatic rings. The van der Waals surface area contributed by atoms with Crippen molar-refractivity contribution in [3.63, 3.8) is 0 Å². The lowest BCUT2D eigenvalue weighted by molar-refractivity contribution is -0.149. The van der Waals surface area contributed by atoms with Crippen LogP contribution in [0.3, 0.4) is 0 Å². The van der Waals surface area contributed by atoms with E-state index in [1.54, 1.807) is 12.1 Å². The van der Waals surface area contributed by atoms with E-state index in [2.05, 4.69) is 0 Å². The fourth-order valence-corrected chi connectivity index (χ4v) is 2.79. The Morgan fingerprint density at radius 1 is 1.43 bits per heavy atom. The Bertz CT molecular complexity index is 639. The van der Waals surface area contributed by atoms with Crippen molar-refractivity contribution in [3.05, 3.63) is 24.3 Å². The van der Waals surface area contributed by atoms with Gasteiger partial charge in [0.1, 0.15) is 12.4 Å². The molecule has 1 saturated carbocycles. The van der Waals surface area contributed by atoms with Gasteiger partial charge in [-0.3, -0.25) is 0 Å². The molecule has 1 aromatic carbocycles. The monoisotopic (exact) mass is 313 g/mol. The number of carbonyl (C=O) groups excluding carboxylic acids is 1. The van der Waals surface area contributed by atoms with Crippen molar-refractivity contribution in [1.29, 1.82) is 0 Å². The van der Waals surface area contributed by atoms with Gasteiger partial charge in [-0.15, -0.1) is 0 Å². The highest BCUT2D eigenvalue weighted by molar-refractivity contribution is 7.90. The molecule has 116 valence electrons. The number of rotatable bonds is 6. The van der Waals surface area contributed by atoms with Crippen molar-refractivity contribution in [2.24, 2.45) is 11.7 Å². The minimum Gasteiger partial charge on any atom is -0.491 e.